The number of pyridine rings is 1. The average molecular weight is 244 g/mol. The van der Waals surface area contributed by atoms with Crippen molar-refractivity contribution >= 4 is 10.9 Å². The zero-order valence-electron chi connectivity index (χ0n) is 11.4. The molecule has 0 fully saturated rings. The second-order valence-electron chi connectivity index (χ2n) is 5.50. The summed E-state index contributed by atoms with van der Waals surface area (Å²) in [4.78, 5) is 4.72. The van der Waals surface area contributed by atoms with Crippen LogP contribution in [-0.2, 0) is 12.0 Å². The summed E-state index contributed by atoms with van der Waals surface area (Å²) in [7, 11) is 1.67. The predicted octanol–water partition coefficient (Wildman–Crippen LogP) is 3.00. The van der Waals surface area contributed by atoms with Crippen LogP contribution >= 0.6 is 0 Å². The molecule has 1 heterocycles. The molecule has 0 amide bonds. The third-order valence-electron chi connectivity index (χ3n) is 3.09. The minimum Gasteiger partial charge on any atom is -0.497 e. The second-order valence-corrected chi connectivity index (χ2v) is 5.50. The summed E-state index contributed by atoms with van der Waals surface area (Å²) in [5.41, 5.74) is 9.04. The summed E-state index contributed by atoms with van der Waals surface area (Å²) in [6.45, 7) is 6.98. The second kappa shape index (κ2) is 4.58. The first kappa shape index (κ1) is 12.8. The van der Waals surface area contributed by atoms with E-state index in [2.05, 4.69) is 26.8 Å². The summed E-state index contributed by atoms with van der Waals surface area (Å²) in [5.74, 6) is 0.836. The number of hydrogen-bond donors (Lipinski definition) is 1. The summed E-state index contributed by atoms with van der Waals surface area (Å²) < 4.78 is 5.25. The van der Waals surface area contributed by atoms with E-state index in [0.717, 1.165) is 27.9 Å². The van der Waals surface area contributed by atoms with Gasteiger partial charge in [0.2, 0.25) is 0 Å². The molecule has 0 spiro atoms. The smallest absolute Gasteiger partial charge is 0.119 e. The van der Waals surface area contributed by atoms with Crippen molar-refractivity contribution in [3.8, 4) is 5.75 Å². The molecule has 0 unspecified atom stereocenters. The normalized spacial score (nSPS) is 11.8. The van der Waals surface area contributed by atoms with E-state index in [-0.39, 0.29) is 5.41 Å². The maximum absolute atomic E-state index is 5.85. The van der Waals surface area contributed by atoms with Gasteiger partial charge in [-0.3, -0.25) is 4.98 Å². The highest BCUT2D eigenvalue weighted by Crippen LogP contribution is 2.28. The number of nitrogens with two attached hydrogens (primary N) is 1. The van der Waals surface area contributed by atoms with Crippen LogP contribution < -0.4 is 10.5 Å². The fraction of sp³-hybridized carbons (Fsp3) is 0.400. The fourth-order valence-corrected chi connectivity index (χ4v) is 1.95. The Labute approximate surface area is 108 Å². The molecule has 0 atom stereocenters. The number of rotatable bonds is 2. The summed E-state index contributed by atoms with van der Waals surface area (Å²) in [5, 5.41) is 1.07. The van der Waals surface area contributed by atoms with Gasteiger partial charge in [0.15, 0.2) is 0 Å². The van der Waals surface area contributed by atoms with Gasteiger partial charge in [-0.1, -0.05) is 20.8 Å². The quantitative estimate of drug-likeness (QED) is 0.883. The molecule has 0 radical (unpaired) electrons. The van der Waals surface area contributed by atoms with Crippen LogP contribution in [0.4, 0.5) is 0 Å². The molecule has 18 heavy (non-hydrogen) atoms. The molecule has 0 saturated carbocycles. The van der Waals surface area contributed by atoms with Gasteiger partial charge in [-0.2, -0.15) is 0 Å². The van der Waals surface area contributed by atoms with E-state index in [4.69, 9.17) is 15.5 Å². The van der Waals surface area contributed by atoms with Gasteiger partial charge in [0.05, 0.1) is 12.6 Å². The molecule has 1 aromatic carbocycles. The van der Waals surface area contributed by atoms with E-state index in [0.29, 0.717) is 6.54 Å². The van der Waals surface area contributed by atoms with Crippen molar-refractivity contribution in [2.24, 2.45) is 5.73 Å². The van der Waals surface area contributed by atoms with E-state index in [1.807, 2.05) is 18.2 Å². The monoisotopic (exact) mass is 244 g/mol. The van der Waals surface area contributed by atoms with Gasteiger partial charge in [-0.25, -0.2) is 0 Å². The number of methoxy groups -OCH3 is 1. The number of hydrogen-bond acceptors (Lipinski definition) is 3. The van der Waals surface area contributed by atoms with Crippen molar-refractivity contribution < 1.29 is 4.74 Å². The van der Waals surface area contributed by atoms with Crippen molar-refractivity contribution in [2.45, 2.75) is 32.7 Å². The first-order valence-corrected chi connectivity index (χ1v) is 6.14. The number of benzene rings is 1. The number of nitrogens with zero attached hydrogens (tertiary/aromatic N) is 1. The molecule has 3 nitrogen and oxygen atoms in total. The van der Waals surface area contributed by atoms with Crippen LogP contribution in [0.25, 0.3) is 10.9 Å². The third kappa shape index (κ3) is 2.31. The first-order valence-electron chi connectivity index (χ1n) is 6.14. The van der Waals surface area contributed by atoms with E-state index < -0.39 is 0 Å². The number of ether oxygens (including phenoxy) is 1. The summed E-state index contributed by atoms with van der Waals surface area (Å²) >= 11 is 0. The minimum atomic E-state index is 0.0258. The van der Waals surface area contributed by atoms with Crippen molar-refractivity contribution in [1.29, 1.82) is 0 Å². The van der Waals surface area contributed by atoms with Crippen LogP contribution in [0.1, 0.15) is 32.0 Å². The van der Waals surface area contributed by atoms with E-state index in [1.54, 1.807) is 7.11 Å². The van der Waals surface area contributed by atoms with E-state index in [9.17, 15) is 0 Å². The van der Waals surface area contributed by atoms with Crippen LogP contribution in [0.2, 0.25) is 0 Å². The lowest BCUT2D eigenvalue weighted by molar-refractivity contribution is 0.415. The standard InChI is InChI=1S/C15H20N2O/c1-15(2,3)14-7-10(9-16)12-8-11(18-4)5-6-13(12)17-14/h5-8H,9,16H2,1-4H3. The molecule has 0 aliphatic carbocycles. The van der Waals surface area contributed by atoms with Gasteiger partial charge in [0, 0.05) is 23.0 Å². The lowest BCUT2D eigenvalue weighted by atomic mass is 9.90. The van der Waals surface area contributed by atoms with Gasteiger partial charge < -0.3 is 10.5 Å². The van der Waals surface area contributed by atoms with Crippen molar-refractivity contribution in [2.75, 3.05) is 7.11 Å². The molecule has 0 bridgehead atoms. The Kier molecular flexibility index (Phi) is 3.26. The molecule has 1 aromatic heterocycles. The Morgan fingerprint density at radius 1 is 1.22 bits per heavy atom. The molecular formula is C15H20N2O. The van der Waals surface area contributed by atoms with Gasteiger partial charge in [0.25, 0.3) is 0 Å². The number of fused-ring (bicyclic) bond motifs is 1. The van der Waals surface area contributed by atoms with Crippen LogP contribution in [0.15, 0.2) is 24.3 Å². The van der Waals surface area contributed by atoms with Crippen LogP contribution in [0, 0.1) is 0 Å². The van der Waals surface area contributed by atoms with Gasteiger partial charge in [0.1, 0.15) is 5.75 Å². The van der Waals surface area contributed by atoms with Crippen molar-refractivity contribution in [1.82, 2.24) is 4.98 Å². The molecule has 0 saturated heterocycles. The maximum atomic E-state index is 5.85. The topological polar surface area (TPSA) is 48.1 Å². The maximum Gasteiger partial charge on any atom is 0.119 e. The van der Waals surface area contributed by atoms with Crippen molar-refractivity contribution in [3.05, 3.63) is 35.5 Å². The zero-order chi connectivity index (χ0) is 13.3. The Hall–Kier alpha value is -1.61. The van der Waals surface area contributed by atoms with Gasteiger partial charge >= 0.3 is 0 Å². The molecule has 96 valence electrons. The average Bonchev–Trinajstić information content (AvgIpc) is 2.35. The van der Waals surface area contributed by atoms with Gasteiger partial charge in [-0.05, 0) is 29.8 Å². The minimum absolute atomic E-state index is 0.0258. The number of aromatic nitrogens is 1. The summed E-state index contributed by atoms with van der Waals surface area (Å²) in [6, 6.07) is 8.02. The van der Waals surface area contributed by atoms with E-state index >= 15 is 0 Å². The molecule has 0 aliphatic rings. The lowest BCUT2D eigenvalue weighted by Gasteiger charge is -2.20. The van der Waals surface area contributed by atoms with Gasteiger partial charge in [-0.15, -0.1) is 0 Å². The van der Waals surface area contributed by atoms with E-state index in [1.165, 1.54) is 0 Å². The van der Waals surface area contributed by atoms with Crippen molar-refractivity contribution in [3.63, 3.8) is 0 Å². The summed E-state index contributed by atoms with van der Waals surface area (Å²) in [6.07, 6.45) is 0. The Balaban J connectivity index is 2.71. The highest BCUT2D eigenvalue weighted by molar-refractivity contribution is 5.84. The Bertz CT molecular complexity index is 570. The van der Waals surface area contributed by atoms with Crippen LogP contribution in [0.3, 0.4) is 0 Å². The molecule has 0 aliphatic heterocycles. The zero-order valence-corrected chi connectivity index (χ0v) is 11.4. The Morgan fingerprint density at radius 3 is 2.50 bits per heavy atom. The first-order chi connectivity index (χ1) is 8.45. The molecular weight excluding hydrogens is 224 g/mol. The third-order valence-corrected chi connectivity index (χ3v) is 3.09. The molecule has 3 heteroatoms. The SMILES string of the molecule is COc1ccc2nc(C(C)(C)C)cc(CN)c2c1. The van der Waals surface area contributed by atoms with Crippen LogP contribution in [-0.4, -0.2) is 12.1 Å². The highest BCUT2D eigenvalue weighted by Gasteiger charge is 2.17. The molecule has 2 rings (SSSR count). The highest BCUT2D eigenvalue weighted by atomic mass is 16.5. The predicted molar refractivity (Wildman–Crippen MR) is 74.9 cm³/mol. The molecule has 2 N–H and O–H groups in total. The van der Waals surface area contributed by atoms with Crippen LogP contribution in [0.5, 0.6) is 5.75 Å². The Morgan fingerprint density at radius 2 is 1.94 bits per heavy atom. The molecule has 2 aromatic rings. The largest absolute Gasteiger partial charge is 0.497 e. The fourth-order valence-electron chi connectivity index (χ4n) is 1.95. The lowest BCUT2D eigenvalue weighted by Crippen LogP contribution is -2.15.